The molecule has 4 atom stereocenters. The van der Waals surface area contributed by atoms with Gasteiger partial charge in [-0.25, -0.2) is 13.1 Å². The van der Waals surface area contributed by atoms with E-state index in [2.05, 4.69) is 18.6 Å². The molecule has 0 aromatic rings. The van der Waals surface area contributed by atoms with Crippen LogP contribution in [-0.2, 0) is 19.5 Å². The number of hydrogen-bond donors (Lipinski definition) is 1. The predicted octanol–water partition coefficient (Wildman–Crippen LogP) is 1.53. The summed E-state index contributed by atoms with van der Waals surface area (Å²) in [6.45, 7) is 6.90. The first kappa shape index (κ1) is 16.2. The molecule has 118 valence electrons. The highest BCUT2D eigenvalue weighted by Crippen LogP contribution is 2.47. The Morgan fingerprint density at radius 3 is 2.60 bits per heavy atom. The van der Waals surface area contributed by atoms with Crippen molar-refractivity contribution in [3.05, 3.63) is 0 Å². The van der Waals surface area contributed by atoms with Crippen molar-refractivity contribution in [3.8, 4) is 0 Å². The van der Waals surface area contributed by atoms with Crippen molar-refractivity contribution >= 4 is 10.0 Å². The van der Waals surface area contributed by atoms with Gasteiger partial charge in [-0.2, -0.15) is 0 Å². The van der Waals surface area contributed by atoms with E-state index in [1.165, 1.54) is 0 Å². The van der Waals surface area contributed by atoms with Crippen LogP contribution in [0.25, 0.3) is 0 Å². The first-order valence-corrected chi connectivity index (χ1v) is 9.07. The minimum Gasteiger partial charge on any atom is -0.380 e. The maximum absolute atomic E-state index is 12.2. The quantitative estimate of drug-likeness (QED) is 0.808. The number of sulfonamides is 1. The molecule has 2 rings (SSSR count). The zero-order chi connectivity index (χ0) is 15.0. The Hall–Kier alpha value is -0.170. The molecule has 0 aromatic heterocycles. The third kappa shape index (κ3) is 3.18. The van der Waals surface area contributed by atoms with E-state index in [9.17, 15) is 8.42 Å². The van der Waals surface area contributed by atoms with Gasteiger partial charge in [0.1, 0.15) is 0 Å². The van der Waals surface area contributed by atoms with Gasteiger partial charge in [-0.15, -0.1) is 0 Å². The summed E-state index contributed by atoms with van der Waals surface area (Å²) >= 11 is 0. The van der Waals surface area contributed by atoms with Crippen LogP contribution in [0.1, 0.15) is 40.0 Å². The van der Waals surface area contributed by atoms with Gasteiger partial charge in [-0.05, 0) is 25.2 Å². The number of nitrogens with one attached hydrogen (secondary N) is 1. The third-order valence-electron chi connectivity index (χ3n) is 4.83. The van der Waals surface area contributed by atoms with Crippen LogP contribution in [0.15, 0.2) is 0 Å². The van der Waals surface area contributed by atoms with Crippen molar-refractivity contribution in [1.82, 2.24) is 4.72 Å². The minimum atomic E-state index is -3.25. The van der Waals surface area contributed by atoms with E-state index >= 15 is 0 Å². The Morgan fingerprint density at radius 1 is 1.40 bits per heavy atom. The van der Waals surface area contributed by atoms with Gasteiger partial charge in [0.25, 0.3) is 0 Å². The summed E-state index contributed by atoms with van der Waals surface area (Å²) < 4.78 is 38.2. The molecule has 0 aromatic carbocycles. The highest BCUT2D eigenvalue weighted by Gasteiger charge is 2.55. The molecule has 20 heavy (non-hydrogen) atoms. The largest absolute Gasteiger partial charge is 0.380 e. The first-order chi connectivity index (χ1) is 9.28. The fraction of sp³-hybridized carbons (Fsp3) is 1.00. The Kier molecular flexibility index (Phi) is 4.79. The molecule has 6 heteroatoms. The summed E-state index contributed by atoms with van der Waals surface area (Å²) in [6.07, 6.45) is 2.83. The fourth-order valence-corrected chi connectivity index (χ4v) is 5.37. The van der Waals surface area contributed by atoms with E-state index in [-0.39, 0.29) is 35.3 Å². The van der Waals surface area contributed by atoms with Gasteiger partial charge in [-0.1, -0.05) is 20.8 Å². The van der Waals surface area contributed by atoms with E-state index in [0.29, 0.717) is 6.42 Å². The lowest BCUT2D eigenvalue weighted by molar-refractivity contribution is -0.138. The summed E-state index contributed by atoms with van der Waals surface area (Å²) in [4.78, 5) is 0. The zero-order valence-electron chi connectivity index (χ0n) is 12.9. The molecule has 1 aliphatic carbocycles. The van der Waals surface area contributed by atoms with Crippen molar-refractivity contribution in [1.29, 1.82) is 0 Å². The lowest BCUT2D eigenvalue weighted by Crippen LogP contribution is -2.68. The van der Waals surface area contributed by atoms with E-state index in [1.807, 2.05) is 6.92 Å². The topological polar surface area (TPSA) is 64.6 Å². The van der Waals surface area contributed by atoms with Crippen LogP contribution in [0.5, 0.6) is 0 Å². The van der Waals surface area contributed by atoms with E-state index in [1.54, 1.807) is 7.11 Å². The molecule has 1 aliphatic heterocycles. The van der Waals surface area contributed by atoms with Crippen LogP contribution in [0.2, 0.25) is 0 Å². The number of hydrogen-bond acceptors (Lipinski definition) is 4. The van der Waals surface area contributed by atoms with E-state index in [0.717, 1.165) is 19.4 Å². The first-order valence-electron chi connectivity index (χ1n) is 7.42. The van der Waals surface area contributed by atoms with Crippen LogP contribution in [0, 0.1) is 11.3 Å². The van der Waals surface area contributed by atoms with Gasteiger partial charge in [0.15, 0.2) is 0 Å². The highest BCUT2D eigenvalue weighted by atomic mass is 32.2. The van der Waals surface area contributed by atoms with Crippen LogP contribution < -0.4 is 4.72 Å². The van der Waals surface area contributed by atoms with Crippen molar-refractivity contribution in [2.24, 2.45) is 11.3 Å². The molecule has 0 unspecified atom stereocenters. The van der Waals surface area contributed by atoms with Crippen molar-refractivity contribution in [2.75, 3.05) is 19.5 Å². The fourth-order valence-electron chi connectivity index (χ4n) is 3.78. The van der Waals surface area contributed by atoms with Gasteiger partial charge in [-0.3, -0.25) is 0 Å². The van der Waals surface area contributed by atoms with Gasteiger partial charge < -0.3 is 9.47 Å². The molecule has 2 fully saturated rings. The second-order valence-electron chi connectivity index (χ2n) is 6.67. The molecule has 1 heterocycles. The molecule has 2 aliphatic rings. The molecule has 0 amide bonds. The Bertz CT molecular complexity index is 428. The zero-order valence-corrected chi connectivity index (χ0v) is 13.7. The maximum Gasteiger partial charge on any atom is 0.211 e. The number of rotatable bonds is 6. The molecular weight excluding hydrogens is 278 g/mol. The summed E-state index contributed by atoms with van der Waals surface area (Å²) in [5, 5.41) is 0. The molecule has 0 radical (unpaired) electrons. The van der Waals surface area contributed by atoms with Crippen molar-refractivity contribution in [2.45, 2.75) is 58.3 Å². The van der Waals surface area contributed by atoms with Crippen LogP contribution in [0.3, 0.4) is 0 Å². The summed E-state index contributed by atoms with van der Waals surface area (Å²) in [6, 6.07) is -0.0538. The monoisotopic (exact) mass is 305 g/mol. The van der Waals surface area contributed by atoms with Crippen molar-refractivity contribution in [3.63, 3.8) is 0 Å². The lowest BCUT2D eigenvalue weighted by Gasteiger charge is -2.56. The Labute approximate surface area is 122 Å². The summed E-state index contributed by atoms with van der Waals surface area (Å²) in [5.74, 6) is 0.349. The van der Waals surface area contributed by atoms with E-state index in [4.69, 9.17) is 9.47 Å². The summed E-state index contributed by atoms with van der Waals surface area (Å²) in [5.41, 5.74) is -0.162. The Morgan fingerprint density at radius 2 is 2.10 bits per heavy atom. The third-order valence-corrected chi connectivity index (χ3v) is 6.22. The van der Waals surface area contributed by atoms with Crippen molar-refractivity contribution < 1.29 is 17.9 Å². The summed E-state index contributed by atoms with van der Waals surface area (Å²) in [7, 11) is -1.56. The second-order valence-corrected chi connectivity index (χ2v) is 8.55. The molecule has 0 spiro atoms. The van der Waals surface area contributed by atoms with Gasteiger partial charge in [0, 0.05) is 25.2 Å². The van der Waals surface area contributed by atoms with Crippen LogP contribution in [0.4, 0.5) is 0 Å². The van der Waals surface area contributed by atoms with Crippen LogP contribution in [-0.4, -0.2) is 46.1 Å². The average Bonchev–Trinajstić information content (AvgIpc) is 2.87. The molecule has 1 saturated carbocycles. The average molecular weight is 305 g/mol. The standard InChI is InChI=1S/C14H27NO4S/c1-10-12(14(2,3)13(10)18-4)15-20(16,17)9-7-11-6-5-8-19-11/h10-13,15H,5-9H2,1-4H3/t10-,11+,12-,13-/m1/s1. The SMILES string of the molecule is CO[C@@H]1[C@H](C)[C@@H](NS(=O)(=O)CC[C@@H]2CCCO2)C1(C)C. The normalized spacial score (nSPS) is 36.8. The number of methoxy groups -OCH3 is 1. The molecule has 5 nitrogen and oxygen atoms in total. The van der Waals surface area contributed by atoms with Gasteiger partial charge in [0.2, 0.25) is 10.0 Å². The van der Waals surface area contributed by atoms with Gasteiger partial charge >= 0.3 is 0 Å². The van der Waals surface area contributed by atoms with Gasteiger partial charge in [0.05, 0.1) is 18.0 Å². The predicted molar refractivity (Wildman–Crippen MR) is 78.0 cm³/mol. The van der Waals surface area contributed by atoms with Crippen LogP contribution >= 0.6 is 0 Å². The molecular formula is C14H27NO4S. The molecule has 1 saturated heterocycles. The maximum atomic E-state index is 12.2. The number of ether oxygens (including phenoxy) is 2. The molecule has 0 bridgehead atoms. The van der Waals surface area contributed by atoms with E-state index < -0.39 is 10.0 Å². The smallest absolute Gasteiger partial charge is 0.211 e. The Balaban J connectivity index is 1.88. The molecule has 1 N–H and O–H groups in total. The second kappa shape index (κ2) is 5.91. The lowest BCUT2D eigenvalue weighted by atomic mass is 9.58. The highest BCUT2D eigenvalue weighted by molar-refractivity contribution is 7.89. The minimum absolute atomic E-state index is 0.0538.